The number of nitrogens with zero attached hydrogens (tertiary/aromatic N) is 1. The molecule has 1 aromatic carbocycles. The smallest absolute Gasteiger partial charge is 0.256 e. The summed E-state index contributed by atoms with van der Waals surface area (Å²) in [7, 11) is 0. The van der Waals surface area contributed by atoms with E-state index in [0.717, 1.165) is 75.0 Å². The summed E-state index contributed by atoms with van der Waals surface area (Å²) in [6.45, 7) is 15.4. The molecule has 1 amide bonds. The van der Waals surface area contributed by atoms with Crippen LogP contribution in [0.15, 0.2) is 24.3 Å². The van der Waals surface area contributed by atoms with Crippen LogP contribution in [0.3, 0.4) is 0 Å². The fourth-order valence-electron chi connectivity index (χ4n) is 4.46. The van der Waals surface area contributed by atoms with E-state index in [-0.39, 0.29) is 5.91 Å². The minimum Gasteiger partial charge on any atom is -0.492 e. The maximum Gasteiger partial charge on any atom is 0.256 e. The molecule has 2 rings (SSSR count). The van der Waals surface area contributed by atoms with Gasteiger partial charge in [0.15, 0.2) is 0 Å². The molecule has 1 heterocycles. The Morgan fingerprint density at radius 3 is 2.35 bits per heavy atom. The van der Waals surface area contributed by atoms with E-state index in [4.69, 9.17) is 9.47 Å². The van der Waals surface area contributed by atoms with Crippen molar-refractivity contribution in [2.24, 2.45) is 11.8 Å². The standard InChI is InChI=1S/C26H44N2O3/c1-6-8-9-14-26(5,31-16-7-2)25(29)27-23-10-12-24(13-11-23)30-17-15-28-19-21(3)18-22(4)20-28/h10-13,21-22H,6-9,14-20H2,1-5H3,(H,27,29)/t21-,22+,26-/m0/s1. The lowest BCUT2D eigenvalue weighted by molar-refractivity contribution is -0.140. The highest BCUT2D eigenvalue weighted by molar-refractivity contribution is 5.97. The van der Waals surface area contributed by atoms with Gasteiger partial charge in [-0.05, 0) is 62.3 Å². The number of hydrogen-bond acceptors (Lipinski definition) is 4. The lowest BCUT2D eigenvalue weighted by Gasteiger charge is -2.34. The van der Waals surface area contributed by atoms with Crippen molar-refractivity contribution in [3.05, 3.63) is 24.3 Å². The van der Waals surface area contributed by atoms with Crippen LogP contribution in [-0.2, 0) is 9.53 Å². The monoisotopic (exact) mass is 432 g/mol. The second-order valence-electron chi connectivity index (χ2n) is 9.57. The molecule has 5 nitrogen and oxygen atoms in total. The van der Waals surface area contributed by atoms with Crippen molar-refractivity contribution >= 4 is 11.6 Å². The maximum absolute atomic E-state index is 12.9. The van der Waals surface area contributed by atoms with Crippen molar-refractivity contribution in [1.82, 2.24) is 4.90 Å². The molecule has 176 valence electrons. The predicted octanol–water partition coefficient (Wildman–Crippen LogP) is 5.75. The van der Waals surface area contributed by atoms with E-state index >= 15 is 0 Å². The van der Waals surface area contributed by atoms with Gasteiger partial charge in [-0.3, -0.25) is 9.69 Å². The number of nitrogens with one attached hydrogen (secondary N) is 1. The van der Waals surface area contributed by atoms with Crippen LogP contribution in [0, 0.1) is 11.8 Å². The number of hydrogen-bond donors (Lipinski definition) is 1. The summed E-state index contributed by atoms with van der Waals surface area (Å²) in [5.74, 6) is 2.30. The molecule has 3 atom stereocenters. The molecule has 1 aromatic rings. The summed E-state index contributed by atoms with van der Waals surface area (Å²) >= 11 is 0. The Balaban J connectivity index is 1.83. The van der Waals surface area contributed by atoms with Gasteiger partial charge in [0.25, 0.3) is 5.91 Å². The van der Waals surface area contributed by atoms with E-state index in [0.29, 0.717) is 13.2 Å². The van der Waals surface area contributed by atoms with Gasteiger partial charge in [0.2, 0.25) is 0 Å². The van der Waals surface area contributed by atoms with Gasteiger partial charge in [-0.15, -0.1) is 0 Å². The number of unbranched alkanes of at least 4 members (excludes halogenated alkanes) is 2. The van der Waals surface area contributed by atoms with Crippen molar-refractivity contribution in [1.29, 1.82) is 0 Å². The third-order valence-corrected chi connectivity index (χ3v) is 6.10. The molecule has 0 saturated carbocycles. The minimum absolute atomic E-state index is 0.0703. The maximum atomic E-state index is 12.9. The summed E-state index contributed by atoms with van der Waals surface area (Å²) in [6.07, 6.45) is 6.19. The van der Waals surface area contributed by atoms with Crippen LogP contribution in [0.5, 0.6) is 5.75 Å². The number of anilines is 1. The second-order valence-corrected chi connectivity index (χ2v) is 9.57. The van der Waals surface area contributed by atoms with E-state index in [1.807, 2.05) is 31.2 Å². The van der Waals surface area contributed by atoms with Crippen molar-refractivity contribution in [3.63, 3.8) is 0 Å². The largest absolute Gasteiger partial charge is 0.492 e. The first-order valence-corrected chi connectivity index (χ1v) is 12.3. The average Bonchev–Trinajstić information content (AvgIpc) is 2.73. The number of benzene rings is 1. The SMILES string of the molecule is CCCCC[C@](C)(OCCC)C(=O)Nc1ccc(OCCN2C[C@H](C)C[C@H](C)C2)cc1. The Hall–Kier alpha value is -1.59. The molecule has 1 N–H and O–H groups in total. The highest BCUT2D eigenvalue weighted by Crippen LogP contribution is 2.24. The molecular formula is C26H44N2O3. The van der Waals surface area contributed by atoms with E-state index in [2.05, 4.69) is 37.9 Å². The van der Waals surface area contributed by atoms with Gasteiger partial charge in [-0.2, -0.15) is 0 Å². The van der Waals surface area contributed by atoms with Crippen LogP contribution in [0.1, 0.15) is 73.1 Å². The molecule has 0 spiro atoms. The zero-order chi connectivity index (χ0) is 22.7. The van der Waals surface area contributed by atoms with Crippen molar-refractivity contribution < 1.29 is 14.3 Å². The topological polar surface area (TPSA) is 50.8 Å². The molecule has 0 aliphatic carbocycles. The third kappa shape index (κ3) is 8.82. The Kier molecular flexibility index (Phi) is 10.8. The first kappa shape index (κ1) is 25.7. The molecular weight excluding hydrogens is 388 g/mol. The van der Waals surface area contributed by atoms with E-state index in [1.54, 1.807) is 0 Å². The van der Waals surface area contributed by atoms with Gasteiger partial charge < -0.3 is 14.8 Å². The molecule has 0 bridgehead atoms. The lowest BCUT2D eigenvalue weighted by atomic mass is 9.92. The van der Waals surface area contributed by atoms with Crippen LogP contribution in [0.25, 0.3) is 0 Å². The zero-order valence-corrected chi connectivity index (χ0v) is 20.4. The number of carbonyl (C=O) groups is 1. The molecule has 31 heavy (non-hydrogen) atoms. The van der Waals surface area contributed by atoms with Crippen LogP contribution >= 0.6 is 0 Å². The van der Waals surface area contributed by atoms with Gasteiger partial charge in [0.05, 0.1) is 0 Å². The summed E-state index contributed by atoms with van der Waals surface area (Å²) in [6, 6.07) is 7.67. The molecule has 5 heteroatoms. The first-order chi connectivity index (χ1) is 14.9. The van der Waals surface area contributed by atoms with E-state index in [9.17, 15) is 4.79 Å². The Morgan fingerprint density at radius 2 is 1.74 bits per heavy atom. The summed E-state index contributed by atoms with van der Waals surface area (Å²) in [4.78, 5) is 15.4. The average molecular weight is 433 g/mol. The number of rotatable bonds is 13. The highest BCUT2D eigenvalue weighted by Gasteiger charge is 2.33. The van der Waals surface area contributed by atoms with E-state index < -0.39 is 5.60 Å². The lowest BCUT2D eigenvalue weighted by Crippen LogP contribution is -2.43. The van der Waals surface area contributed by atoms with Crippen LogP contribution in [0.2, 0.25) is 0 Å². The Bertz CT molecular complexity index is 639. The molecule has 1 aliphatic heterocycles. The quantitative estimate of drug-likeness (QED) is 0.403. The number of ether oxygens (including phenoxy) is 2. The molecule has 0 radical (unpaired) electrons. The van der Waals surface area contributed by atoms with E-state index in [1.165, 1.54) is 6.42 Å². The number of likely N-dealkylation sites (tertiary alicyclic amines) is 1. The van der Waals surface area contributed by atoms with Crippen LogP contribution in [-0.4, -0.2) is 49.3 Å². The number of carbonyl (C=O) groups excluding carboxylic acids is 1. The second kappa shape index (κ2) is 13.1. The summed E-state index contributed by atoms with van der Waals surface area (Å²) in [5.41, 5.74) is -0.0128. The third-order valence-electron chi connectivity index (χ3n) is 6.10. The Morgan fingerprint density at radius 1 is 1.06 bits per heavy atom. The molecule has 0 unspecified atom stereocenters. The Labute approximate surface area is 189 Å². The fourth-order valence-corrected chi connectivity index (χ4v) is 4.46. The van der Waals surface area contributed by atoms with Crippen LogP contribution < -0.4 is 10.1 Å². The molecule has 1 saturated heterocycles. The van der Waals surface area contributed by atoms with Gasteiger partial charge >= 0.3 is 0 Å². The van der Waals surface area contributed by atoms with Crippen LogP contribution in [0.4, 0.5) is 5.69 Å². The normalized spacial score (nSPS) is 21.5. The molecule has 1 aliphatic rings. The van der Waals surface area contributed by atoms with Gasteiger partial charge in [-0.25, -0.2) is 0 Å². The van der Waals surface area contributed by atoms with Gasteiger partial charge in [0.1, 0.15) is 18.0 Å². The van der Waals surface area contributed by atoms with Crippen molar-refractivity contribution in [2.45, 2.75) is 78.7 Å². The number of amides is 1. The van der Waals surface area contributed by atoms with Gasteiger partial charge in [0, 0.05) is 31.9 Å². The zero-order valence-electron chi connectivity index (χ0n) is 20.4. The summed E-state index contributed by atoms with van der Waals surface area (Å²) < 4.78 is 11.9. The summed E-state index contributed by atoms with van der Waals surface area (Å²) in [5, 5.41) is 3.04. The molecule has 0 aromatic heterocycles. The predicted molar refractivity (Wildman–Crippen MR) is 129 cm³/mol. The first-order valence-electron chi connectivity index (χ1n) is 12.3. The van der Waals surface area contributed by atoms with Crippen molar-refractivity contribution in [3.8, 4) is 5.75 Å². The van der Waals surface area contributed by atoms with Gasteiger partial charge in [-0.1, -0.05) is 47.0 Å². The molecule has 1 fully saturated rings. The number of piperidine rings is 1. The fraction of sp³-hybridized carbons (Fsp3) is 0.731. The van der Waals surface area contributed by atoms with Crippen molar-refractivity contribution in [2.75, 3.05) is 38.2 Å². The highest BCUT2D eigenvalue weighted by atomic mass is 16.5. The minimum atomic E-state index is -0.789.